The van der Waals surface area contributed by atoms with Crippen LogP contribution in [0.5, 0.6) is 0 Å². The smallest absolute Gasteiger partial charge is 0.358 e. The average molecular weight is 389 g/mol. The maximum atomic E-state index is 11.2. The largest absolute Gasteiger partial charge is 0.373 e. The van der Waals surface area contributed by atoms with E-state index in [-0.39, 0.29) is 27.2 Å². The predicted octanol–water partition coefficient (Wildman–Crippen LogP) is 2.48. The Morgan fingerprint density at radius 2 is 1.57 bits per heavy atom. The van der Waals surface area contributed by atoms with Gasteiger partial charge in [-0.25, -0.2) is 0 Å². The van der Waals surface area contributed by atoms with Gasteiger partial charge in [0.25, 0.3) is 0 Å². The second-order valence-electron chi connectivity index (χ2n) is 3.78. The number of hydrogen-bond acceptors (Lipinski definition) is 3. The third-order valence-electron chi connectivity index (χ3n) is 1.81. The molecule has 0 aliphatic rings. The molecule has 0 rings (SSSR count). The fourth-order valence-electron chi connectivity index (χ4n) is 0.820. The molecule has 3 nitrogen and oxygen atoms in total. The number of carbonyl (C=O) groups excluding carboxylic acids is 2. The molecule has 0 aliphatic heterocycles. The zero-order valence-corrected chi connectivity index (χ0v) is 13.0. The van der Waals surface area contributed by atoms with Gasteiger partial charge >= 0.3 is 6.15 Å². The summed E-state index contributed by atoms with van der Waals surface area (Å²) < 4.78 is 11.2. The van der Waals surface area contributed by atoms with Gasteiger partial charge in [0.05, 0.1) is 0 Å². The van der Waals surface area contributed by atoms with E-state index in [1.54, 1.807) is 6.66 Å². The van der Waals surface area contributed by atoms with Crippen LogP contribution in [0.3, 0.4) is 0 Å². The minimum Gasteiger partial charge on any atom is -0.358 e. The molecule has 0 aromatic carbocycles. The Balaban J connectivity index is -0.000000267. The molecule has 0 aliphatic carbocycles. The van der Waals surface area contributed by atoms with Crippen molar-refractivity contribution < 1.29 is 35.2 Å². The van der Waals surface area contributed by atoms with Crippen LogP contribution in [0.15, 0.2) is 0 Å². The van der Waals surface area contributed by atoms with Gasteiger partial charge in [-0.05, 0) is 31.8 Å². The van der Waals surface area contributed by atoms with Crippen LogP contribution in [-0.2, 0) is 35.2 Å². The fraction of sp³-hybridized carbons (Fsp3) is 0.778. The Morgan fingerprint density at radius 1 is 1.29 bits per heavy atom. The van der Waals surface area contributed by atoms with Gasteiger partial charge in [0.15, 0.2) is 0 Å². The van der Waals surface area contributed by atoms with Gasteiger partial charge in [-0.2, -0.15) is 9.59 Å². The molecule has 2 unspecified atom stereocenters. The van der Waals surface area contributed by atoms with Crippen LogP contribution in [0.1, 0.15) is 20.8 Å². The zero-order valence-electron chi connectivity index (χ0n) is 9.15. The Bertz CT molecular complexity index is 204. The first kappa shape index (κ1) is 19.8. The molecule has 0 spiro atoms. The second kappa shape index (κ2) is 9.84. The van der Waals surface area contributed by atoms with Crippen molar-refractivity contribution in [3.63, 3.8) is 0 Å². The van der Waals surface area contributed by atoms with Gasteiger partial charge in [-0.3, -0.25) is 6.66 Å². The van der Waals surface area contributed by atoms with Crippen molar-refractivity contribution in [2.24, 2.45) is 11.8 Å². The normalized spacial score (nSPS) is 15.3. The first-order valence-electron chi connectivity index (χ1n) is 4.14. The van der Waals surface area contributed by atoms with Gasteiger partial charge < -0.3 is 4.57 Å². The Morgan fingerprint density at radius 3 is 1.64 bits per heavy atom. The molecule has 0 fully saturated rings. The maximum Gasteiger partial charge on any atom is 0.373 e. The van der Waals surface area contributed by atoms with Crippen molar-refractivity contribution in [2.45, 2.75) is 20.8 Å². The minimum atomic E-state index is -2.03. The topological polar surface area (TPSA) is 51.2 Å². The minimum absolute atomic E-state index is 0. The summed E-state index contributed by atoms with van der Waals surface area (Å²) in [5, 5.41) is 0. The van der Waals surface area contributed by atoms with E-state index in [9.17, 15) is 4.57 Å². The van der Waals surface area contributed by atoms with Crippen molar-refractivity contribution in [1.29, 1.82) is 0 Å². The van der Waals surface area contributed by atoms with Crippen molar-refractivity contribution in [1.82, 2.24) is 0 Å². The van der Waals surface area contributed by atoms with E-state index in [0.29, 0.717) is 11.8 Å². The van der Waals surface area contributed by atoms with E-state index in [1.807, 2.05) is 0 Å². The molecule has 0 aromatic rings. The van der Waals surface area contributed by atoms with Crippen LogP contribution < -0.4 is 0 Å². The first-order chi connectivity index (χ1) is 5.74. The molecule has 5 heteroatoms. The molecule has 0 saturated heterocycles. The van der Waals surface area contributed by atoms with Gasteiger partial charge in [0.1, 0.15) is 0 Å². The quantitative estimate of drug-likeness (QED) is 0.551. The standard InChI is InChI=1S/C8H18OP.CO2.W/c1-7(2)8(3)6-10(4,5)9;2-1-3;/h7-8H,4,6H2,1-3,5H3;;/q-1;;. The summed E-state index contributed by atoms with van der Waals surface area (Å²) in [6, 6.07) is 0. The summed E-state index contributed by atoms with van der Waals surface area (Å²) in [6.45, 7) is 11.8. The predicted molar refractivity (Wildman–Crippen MR) is 52.8 cm³/mol. The van der Waals surface area contributed by atoms with E-state index in [1.165, 1.54) is 0 Å². The Labute approximate surface area is 101 Å². The van der Waals surface area contributed by atoms with Gasteiger partial charge in [-0.1, -0.05) is 20.8 Å². The van der Waals surface area contributed by atoms with Crippen LogP contribution in [0.4, 0.5) is 0 Å². The summed E-state index contributed by atoms with van der Waals surface area (Å²) >= 11 is 0. The zero-order chi connectivity index (χ0) is 11.1. The molecule has 0 aromatic heterocycles. The molecule has 84 valence electrons. The van der Waals surface area contributed by atoms with Crippen LogP contribution in [0, 0.1) is 18.5 Å². The van der Waals surface area contributed by atoms with Gasteiger partial charge in [0.2, 0.25) is 0 Å². The second-order valence-corrected chi connectivity index (χ2v) is 6.74. The van der Waals surface area contributed by atoms with Gasteiger partial charge in [-0.15, -0.1) is 0 Å². The maximum absolute atomic E-state index is 11.2. The monoisotopic (exact) mass is 389 g/mol. The molecule has 0 N–H and O–H groups in total. The van der Waals surface area contributed by atoms with E-state index < -0.39 is 7.14 Å². The molecular formula is C9H18O3PW-. The van der Waals surface area contributed by atoms with Crippen molar-refractivity contribution >= 4 is 13.3 Å². The van der Waals surface area contributed by atoms with Crippen LogP contribution in [0.25, 0.3) is 0 Å². The fourth-order valence-corrected chi connectivity index (χ4v) is 2.46. The van der Waals surface area contributed by atoms with E-state index in [4.69, 9.17) is 9.59 Å². The molecule has 0 bridgehead atoms. The molecule has 0 radical (unpaired) electrons. The molecular weight excluding hydrogens is 371 g/mol. The number of rotatable bonds is 3. The van der Waals surface area contributed by atoms with Gasteiger partial charge in [0, 0.05) is 21.1 Å². The van der Waals surface area contributed by atoms with Crippen LogP contribution in [-0.4, -0.2) is 19.0 Å². The van der Waals surface area contributed by atoms with Crippen LogP contribution >= 0.6 is 7.14 Å². The summed E-state index contributed by atoms with van der Waals surface area (Å²) in [6.07, 6.45) is 1.03. The van der Waals surface area contributed by atoms with Crippen molar-refractivity contribution in [3.05, 3.63) is 6.66 Å². The number of hydrogen-bond donors (Lipinski definition) is 0. The van der Waals surface area contributed by atoms with Crippen molar-refractivity contribution in [2.75, 3.05) is 12.8 Å². The third-order valence-corrected chi connectivity index (χ3v) is 3.16. The van der Waals surface area contributed by atoms with E-state index in [2.05, 4.69) is 27.4 Å². The Kier molecular flexibility index (Phi) is 13.9. The Hall–Kier alpha value is 0.298. The summed E-state index contributed by atoms with van der Waals surface area (Å²) in [7, 11) is -2.03. The molecule has 0 saturated carbocycles. The molecule has 14 heavy (non-hydrogen) atoms. The molecule has 2 atom stereocenters. The summed E-state index contributed by atoms with van der Waals surface area (Å²) in [5.41, 5.74) is 0. The molecule has 0 heterocycles. The van der Waals surface area contributed by atoms with Crippen LogP contribution in [0.2, 0.25) is 0 Å². The summed E-state index contributed by atoms with van der Waals surface area (Å²) in [5.74, 6) is 1.16. The van der Waals surface area contributed by atoms with E-state index >= 15 is 0 Å². The average Bonchev–Trinajstić information content (AvgIpc) is 1.84. The first-order valence-corrected chi connectivity index (χ1v) is 6.67. The SMILES string of the molecule is O=C=O.[CH2-]P(C)(=O)CC(C)C(C)C.[W]. The van der Waals surface area contributed by atoms with E-state index in [0.717, 1.165) is 6.16 Å². The third kappa shape index (κ3) is 18.2. The summed E-state index contributed by atoms with van der Waals surface area (Å²) in [4.78, 5) is 16.2. The molecule has 0 amide bonds. The van der Waals surface area contributed by atoms with Crippen molar-refractivity contribution in [3.8, 4) is 0 Å².